The minimum absolute atomic E-state index is 0.0272. The molecule has 0 heterocycles. The van der Waals surface area contributed by atoms with Crippen molar-refractivity contribution in [3.8, 4) is 0 Å². The van der Waals surface area contributed by atoms with Crippen molar-refractivity contribution in [2.24, 2.45) is 17.6 Å². The summed E-state index contributed by atoms with van der Waals surface area (Å²) in [5.74, 6) is 0.108. The maximum Gasteiger partial charge on any atom is 0.329 e. The Morgan fingerprint density at radius 1 is 1.06 bits per heavy atom. The molecule has 0 unspecified atom stereocenters. The molecule has 3 rings (SSSR count). The third kappa shape index (κ3) is 6.80. The monoisotopic (exact) mass is 452 g/mol. The predicted molar refractivity (Wildman–Crippen MR) is 134 cm³/mol. The number of carbonyl (C=O) groups excluding carboxylic acids is 2. The van der Waals surface area contributed by atoms with Gasteiger partial charge in [0.05, 0.1) is 0 Å². The summed E-state index contributed by atoms with van der Waals surface area (Å²) in [7, 11) is 0. The Kier molecular flexibility index (Phi) is 8.90. The van der Waals surface area contributed by atoms with Gasteiger partial charge in [-0.2, -0.15) is 0 Å². The van der Waals surface area contributed by atoms with Crippen LogP contribution in [0.2, 0.25) is 0 Å². The summed E-state index contributed by atoms with van der Waals surface area (Å²) in [4.78, 5) is 26.2. The summed E-state index contributed by atoms with van der Waals surface area (Å²) in [6.07, 6.45) is 6.32. The van der Waals surface area contributed by atoms with Crippen LogP contribution in [0, 0.1) is 11.8 Å². The van der Waals surface area contributed by atoms with Crippen molar-refractivity contribution < 1.29 is 14.3 Å². The first-order valence-electron chi connectivity index (χ1n) is 12.6. The maximum absolute atomic E-state index is 13.2. The van der Waals surface area contributed by atoms with Crippen LogP contribution in [0.5, 0.6) is 0 Å². The molecular formula is C28H40N2O3. The topological polar surface area (TPSA) is 81.4 Å². The fraction of sp³-hybridized carbons (Fsp3) is 0.571. The van der Waals surface area contributed by atoms with Gasteiger partial charge in [-0.25, -0.2) is 4.79 Å². The van der Waals surface area contributed by atoms with Crippen LogP contribution in [0.1, 0.15) is 71.3 Å². The Balaban J connectivity index is 1.69. The zero-order valence-corrected chi connectivity index (χ0v) is 20.4. The van der Waals surface area contributed by atoms with Crippen molar-refractivity contribution in [2.45, 2.75) is 83.8 Å². The molecule has 1 aliphatic rings. The number of amides is 1. The molecule has 1 fully saturated rings. The average Bonchev–Trinajstić information content (AvgIpc) is 2.86. The quantitative estimate of drug-likeness (QED) is 0.489. The molecule has 33 heavy (non-hydrogen) atoms. The van der Waals surface area contributed by atoms with E-state index >= 15 is 0 Å². The van der Waals surface area contributed by atoms with Crippen LogP contribution < -0.4 is 11.1 Å². The minimum Gasteiger partial charge on any atom is -0.458 e. The molecule has 2 aromatic rings. The van der Waals surface area contributed by atoms with Crippen molar-refractivity contribution in [1.29, 1.82) is 0 Å². The highest BCUT2D eigenvalue weighted by Gasteiger charge is 2.33. The van der Waals surface area contributed by atoms with Crippen molar-refractivity contribution >= 4 is 22.6 Å². The Bertz CT molecular complexity index is 930. The van der Waals surface area contributed by atoms with Crippen molar-refractivity contribution in [1.82, 2.24) is 5.32 Å². The lowest BCUT2D eigenvalue weighted by Crippen LogP contribution is -2.47. The largest absolute Gasteiger partial charge is 0.458 e. The third-order valence-corrected chi connectivity index (χ3v) is 7.53. The van der Waals surface area contributed by atoms with Gasteiger partial charge in [-0.3, -0.25) is 4.79 Å². The van der Waals surface area contributed by atoms with Gasteiger partial charge in [0.15, 0.2) is 0 Å². The first kappa shape index (κ1) is 25.2. The molecule has 0 radical (unpaired) electrons. The number of nitrogens with two attached hydrogens (primary N) is 1. The summed E-state index contributed by atoms with van der Waals surface area (Å²) in [6.45, 7) is 6.69. The Morgan fingerprint density at radius 3 is 2.36 bits per heavy atom. The van der Waals surface area contributed by atoms with Gasteiger partial charge in [-0.15, -0.1) is 0 Å². The summed E-state index contributed by atoms with van der Waals surface area (Å²) in [5.41, 5.74) is 6.44. The number of esters is 1. The molecule has 0 aliphatic heterocycles. The molecule has 2 aromatic carbocycles. The molecular weight excluding hydrogens is 412 g/mol. The number of benzene rings is 2. The first-order chi connectivity index (χ1) is 15.9. The van der Waals surface area contributed by atoms with Crippen LogP contribution in [0.25, 0.3) is 10.8 Å². The normalized spacial score (nSPS) is 19.8. The molecule has 1 atom stereocenters. The highest BCUT2D eigenvalue weighted by molar-refractivity contribution is 5.86. The smallest absolute Gasteiger partial charge is 0.329 e. The molecule has 180 valence electrons. The predicted octanol–water partition coefficient (Wildman–Crippen LogP) is 5.14. The van der Waals surface area contributed by atoms with Gasteiger partial charge in [0.2, 0.25) is 5.91 Å². The van der Waals surface area contributed by atoms with Crippen molar-refractivity contribution in [3.63, 3.8) is 0 Å². The van der Waals surface area contributed by atoms with E-state index in [1.807, 2.05) is 32.9 Å². The molecule has 5 heteroatoms. The van der Waals surface area contributed by atoms with Crippen LogP contribution in [0.3, 0.4) is 0 Å². The molecule has 0 bridgehead atoms. The first-order valence-corrected chi connectivity index (χ1v) is 12.6. The molecule has 0 saturated heterocycles. The van der Waals surface area contributed by atoms with Crippen LogP contribution >= 0.6 is 0 Å². The lowest BCUT2D eigenvalue weighted by atomic mass is 9.81. The van der Waals surface area contributed by atoms with E-state index in [-0.39, 0.29) is 17.8 Å². The molecule has 5 nitrogen and oxygen atoms in total. The van der Waals surface area contributed by atoms with Gasteiger partial charge < -0.3 is 15.8 Å². The average molecular weight is 453 g/mol. The van der Waals surface area contributed by atoms with Crippen LogP contribution in [-0.2, 0) is 20.7 Å². The van der Waals surface area contributed by atoms with E-state index in [9.17, 15) is 9.59 Å². The van der Waals surface area contributed by atoms with E-state index in [0.29, 0.717) is 25.3 Å². The second-order valence-electron chi connectivity index (χ2n) is 9.81. The van der Waals surface area contributed by atoms with E-state index < -0.39 is 11.6 Å². The van der Waals surface area contributed by atoms with Crippen LogP contribution in [-0.4, -0.2) is 30.1 Å². The van der Waals surface area contributed by atoms with Crippen LogP contribution in [0.15, 0.2) is 42.5 Å². The minimum atomic E-state index is -0.645. The summed E-state index contributed by atoms with van der Waals surface area (Å²) >= 11 is 0. The van der Waals surface area contributed by atoms with E-state index in [2.05, 4.69) is 35.6 Å². The van der Waals surface area contributed by atoms with Crippen molar-refractivity contribution in [3.05, 3.63) is 48.0 Å². The zero-order chi connectivity index (χ0) is 23.8. The number of aryl methyl sites for hydroxylation is 1. The van der Waals surface area contributed by atoms with E-state index in [1.54, 1.807) is 0 Å². The number of fused-ring (bicyclic) bond motifs is 1. The SMILES string of the molecule is CCC(C)(CC)OC(=O)[C@H](CCc1ccc2ccccc2c1)NC(=O)C1CCC(CN)CC1. The molecule has 1 amide bonds. The maximum atomic E-state index is 13.2. The highest BCUT2D eigenvalue weighted by Crippen LogP contribution is 2.29. The fourth-order valence-corrected chi connectivity index (χ4v) is 4.61. The number of rotatable bonds is 10. The standard InChI is InChI=1S/C28H40N2O3/c1-4-28(3,5-2)33-27(32)25(30-26(31)23-15-11-21(19-29)12-16-23)17-13-20-10-14-22-8-6-7-9-24(22)18-20/h6-10,14,18,21,23,25H,4-5,11-13,15-17,19,29H2,1-3H3,(H,30,31)/t21?,23?,25-/m0/s1. The fourth-order valence-electron chi connectivity index (χ4n) is 4.61. The molecule has 3 N–H and O–H groups in total. The van der Waals surface area contributed by atoms with Gasteiger partial charge in [-0.1, -0.05) is 56.3 Å². The van der Waals surface area contributed by atoms with Crippen LogP contribution in [0.4, 0.5) is 0 Å². The highest BCUT2D eigenvalue weighted by atomic mass is 16.6. The second-order valence-corrected chi connectivity index (χ2v) is 9.81. The number of nitrogens with one attached hydrogen (secondary N) is 1. The van der Waals surface area contributed by atoms with Gasteiger partial charge in [0.1, 0.15) is 11.6 Å². The second kappa shape index (κ2) is 11.6. The lowest BCUT2D eigenvalue weighted by molar-refractivity contribution is -0.163. The molecule has 1 saturated carbocycles. The number of hydrogen-bond acceptors (Lipinski definition) is 4. The van der Waals surface area contributed by atoms with Crippen molar-refractivity contribution in [2.75, 3.05) is 6.54 Å². The zero-order valence-electron chi connectivity index (χ0n) is 20.4. The van der Waals surface area contributed by atoms with Gasteiger partial charge in [-0.05, 0) is 87.1 Å². The summed E-state index contributed by atoms with van der Waals surface area (Å²) < 4.78 is 5.91. The van der Waals surface area contributed by atoms with E-state index in [1.165, 1.54) is 10.8 Å². The lowest BCUT2D eigenvalue weighted by Gasteiger charge is -2.31. The van der Waals surface area contributed by atoms with Gasteiger partial charge in [0, 0.05) is 5.92 Å². The summed E-state index contributed by atoms with van der Waals surface area (Å²) in [5, 5.41) is 5.43. The third-order valence-electron chi connectivity index (χ3n) is 7.53. The molecule has 0 aromatic heterocycles. The Hall–Kier alpha value is -2.40. The molecule has 0 spiro atoms. The van der Waals surface area contributed by atoms with Gasteiger partial charge in [0.25, 0.3) is 0 Å². The number of hydrogen-bond donors (Lipinski definition) is 2. The Labute approximate surface area is 198 Å². The van der Waals surface area contributed by atoms with E-state index in [4.69, 9.17) is 10.5 Å². The van der Waals surface area contributed by atoms with Gasteiger partial charge >= 0.3 is 5.97 Å². The Morgan fingerprint density at radius 2 is 1.73 bits per heavy atom. The number of ether oxygens (including phenoxy) is 1. The van der Waals surface area contributed by atoms with E-state index in [0.717, 1.165) is 44.1 Å². The summed E-state index contributed by atoms with van der Waals surface area (Å²) in [6, 6.07) is 14.0. The molecule has 1 aliphatic carbocycles. The number of carbonyl (C=O) groups is 2.